The van der Waals surface area contributed by atoms with Crippen molar-refractivity contribution in [1.82, 2.24) is 10.2 Å². The number of nitrogens with zero attached hydrogens (tertiary/aromatic N) is 2. The molecular weight excluding hydrogens is 433 g/mol. The summed E-state index contributed by atoms with van der Waals surface area (Å²) in [6.07, 6.45) is 0.878. The Morgan fingerprint density at radius 2 is 1.76 bits per heavy atom. The van der Waals surface area contributed by atoms with E-state index in [1.54, 1.807) is 20.2 Å². The maximum Gasteiger partial charge on any atom is 0.475 e. The first-order valence-corrected chi connectivity index (χ1v) is 11.2. The van der Waals surface area contributed by atoms with E-state index < -0.39 is 19.0 Å². The Morgan fingerprint density at radius 3 is 2.38 bits per heavy atom. The Hall–Kier alpha value is -3.35. The standard InChI is InChI=1S/C25H32BN3O5/c1-18(22(17-27)25(31)29(2)3)14-20-10-7-11-21(15-20)34-13-12-24(30)28-23(26(32)33)16-19-8-5-4-6-9-19/h4-11,15,18,22-23,32-33H,12-14,16H2,1-3H3,(H,28,30)/t18?,22?,23-/m0/s1. The number of hydrogen-bond donors (Lipinski definition) is 3. The summed E-state index contributed by atoms with van der Waals surface area (Å²) in [6.45, 7) is 1.99. The number of nitriles is 1. The topological polar surface area (TPSA) is 123 Å². The highest BCUT2D eigenvalue weighted by atomic mass is 16.5. The van der Waals surface area contributed by atoms with E-state index in [2.05, 4.69) is 11.4 Å². The third-order valence-corrected chi connectivity index (χ3v) is 5.47. The molecule has 180 valence electrons. The van der Waals surface area contributed by atoms with E-state index in [1.165, 1.54) is 4.90 Å². The molecule has 3 N–H and O–H groups in total. The fourth-order valence-electron chi connectivity index (χ4n) is 3.60. The smallest absolute Gasteiger partial charge is 0.475 e. The van der Waals surface area contributed by atoms with Crippen molar-refractivity contribution in [3.63, 3.8) is 0 Å². The summed E-state index contributed by atoms with van der Waals surface area (Å²) < 4.78 is 5.71. The molecule has 2 aromatic carbocycles. The van der Waals surface area contributed by atoms with E-state index in [4.69, 9.17) is 4.74 Å². The predicted molar refractivity (Wildman–Crippen MR) is 129 cm³/mol. The predicted octanol–water partition coefficient (Wildman–Crippen LogP) is 1.60. The van der Waals surface area contributed by atoms with Gasteiger partial charge in [-0.25, -0.2) is 0 Å². The first-order valence-electron chi connectivity index (χ1n) is 11.2. The Kier molecular flexibility index (Phi) is 10.6. The van der Waals surface area contributed by atoms with Gasteiger partial charge in [0.05, 0.1) is 25.0 Å². The molecule has 3 atom stereocenters. The number of nitrogens with one attached hydrogen (secondary N) is 1. The minimum atomic E-state index is -1.68. The third-order valence-electron chi connectivity index (χ3n) is 5.47. The highest BCUT2D eigenvalue weighted by Crippen LogP contribution is 2.22. The zero-order chi connectivity index (χ0) is 25.1. The Balaban J connectivity index is 1.86. The van der Waals surface area contributed by atoms with Crippen LogP contribution in [0.3, 0.4) is 0 Å². The van der Waals surface area contributed by atoms with Crippen LogP contribution >= 0.6 is 0 Å². The Labute approximate surface area is 201 Å². The average Bonchev–Trinajstić information content (AvgIpc) is 2.80. The molecule has 0 saturated carbocycles. The van der Waals surface area contributed by atoms with Gasteiger partial charge in [-0.15, -0.1) is 0 Å². The molecule has 0 aliphatic rings. The fourth-order valence-corrected chi connectivity index (χ4v) is 3.60. The van der Waals surface area contributed by atoms with Crippen LogP contribution in [0.15, 0.2) is 54.6 Å². The molecule has 0 fully saturated rings. The number of carbonyl (C=O) groups is 2. The van der Waals surface area contributed by atoms with Crippen LogP contribution in [0.2, 0.25) is 0 Å². The zero-order valence-corrected chi connectivity index (χ0v) is 19.8. The van der Waals surface area contributed by atoms with Crippen molar-refractivity contribution >= 4 is 18.9 Å². The molecule has 8 nitrogen and oxygen atoms in total. The average molecular weight is 465 g/mol. The van der Waals surface area contributed by atoms with Gasteiger partial charge in [0.2, 0.25) is 11.8 Å². The van der Waals surface area contributed by atoms with Crippen molar-refractivity contribution in [2.24, 2.45) is 11.8 Å². The molecule has 0 aliphatic heterocycles. The second kappa shape index (κ2) is 13.4. The van der Waals surface area contributed by atoms with Gasteiger partial charge in [0.25, 0.3) is 0 Å². The van der Waals surface area contributed by atoms with Crippen molar-refractivity contribution < 1.29 is 24.4 Å². The van der Waals surface area contributed by atoms with Crippen LogP contribution in [-0.4, -0.2) is 60.5 Å². The van der Waals surface area contributed by atoms with E-state index in [1.807, 2.05) is 55.5 Å². The van der Waals surface area contributed by atoms with E-state index in [0.717, 1.165) is 11.1 Å². The minimum Gasteiger partial charge on any atom is -0.493 e. The number of carbonyl (C=O) groups excluding carboxylic acids is 2. The maximum atomic E-state index is 12.3. The molecular formula is C25H32BN3O5. The number of rotatable bonds is 12. The van der Waals surface area contributed by atoms with Crippen molar-refractivity contribution in [2.45, 2.75) is 32.1 Å². The van der Waals surface area contributed by atoms with Crippen LogP contribution in [0.5, 0.6) is 5.75 Å². The molecule has 2 unspecified atom stereocenters. The summed E-state index contributed by atoms with van der Waals surface area (Å²) in [5.74, 6) is -1.71. The highest BCUT2D eigenvalue weighted by molar-refractivity contribution is 6.43. The van der Waals surface area contributed by atoms with E-state index in [-0.39, 0.29) is 30.8 Å². The molecule has 0 spiro atoms. The van der Waals surface area contributed by atoms with Gasteiger partial charge in [0, 0.05) is 14.1 Å². The lowest BCUT2D eigenvalue weighted by Gasteiger charge is -2.21. The van der Waals surface area contributed by atoms with Crippen molar-refractivity contribution in [3.8, 4) is 11.8 Å². The Bertz CT molecular complexity index is 978. The zero-order valence-electron chi connectivity index (χ0n) is 19.8. The van der Waals surface area contributed by atoms with Crippen molar-refractivity contribution in [1.29, 1.82) is 5.26 Å². The van der Waals surface area contributed by atoms with E-state index in [0.29, 0.717) is 18.6 Å². The van der Waals surface area contributed by atoms with Gasteiger partial charge in [-0.1, -0.05) is 49.4 Å². The van der Waals surface area contributed by atoms with E-state index in [9.17, 15) is 24.9 Å². The molecule has 2 aromatic rings. The van der Waals surface area contributed by atoms with Crippen LogP contribution in [-0.2, 0) is 22.4 Å². The lowest BCUT2D eigenvalue weighted by Crippen LogP contribution is -2.48. The van der Waals surface area contributed by atoms with Crippen LogP contribution in [0.4, 0.5) is 0 Å². The molecule has 9 heteroatoms. The van der Waals surface area contributed by atoms with Gasteiger partial charge in [-0.3, -0.25) is 9.59 Å². The SMILES string of the molecule is CC(Cc1cccc(OCCC(=O)N[C@@H](Cc2ccccc2)B(O)O)c1)C(C#N)C(=O)N(C)C. The number of ether oxygens (including phenoxy) is 1. The summed E-state index contributed by atoms with van der Waals surface area (Å²) in [4.78, 5) is 25.9. The summed E-state index contributed by atoms with van der Waals surface area (Å²) in [7, 11) is 1.59. The van der Waals surface area contributed by atoms with Crippen LogP contribution < -0.4 is 10.1 Å². The lowest BCUT2D eigenvalue weighted by atomic mass is 9.76. The molecule has 0 aliphatic carbocycles. The van der Waals surface area contributed by atoms with Crippen LogP contribution in [0, 0.1) is 23.2 Å². The summed E-state index contributed by atoms with van der Waals surface area (Å²) in [6, 6.07) is 18.7. The van der Waals surface area contributed by atoms with Gasteiger partial charge in [-0.05, 0) is 42.0 Å². The molecule has 0 bridgehead atoms. The van der Waals surface area contributed by atoms with Crippen LogP contribution in [0.1, 0.15) is 24.5 Å². The van der Waals surface area contributed by atoms with Gasteiger partial charge < -0.3 is 25.0 Å². The molecule has 34 heavy (non-hydrogen) atoms. The quantitative estimate of drug-likeness (QED) is 0.410. The first kappa shape index (κ1) is 26.9. The number of amides is 2. The fraction of sp³-hybridized carbons (Fsp3) is 0.400. The second-order valence-corrected chi connectivity index (χ2v) is 8.54. The molecule has 0 aromatic heterocycles. The minimum absolute atomic E-state index is 0.0481. The molecule has 0 heterocycles. The lowest BCUT2D eigenvalue weighted by molar-refractivity contribution is -0.132. The van der Waals surface area contributed by atoms with E-state index >= 15 is 0 Å². The van der Waals surface area contributed by atoms with Gasteiger partial charge in [-0.2, -0.15) is 5.26 Å². The summed E-state index contributed by atoms with van der Waals surface area (Å²) in [5, 5.41) is 31.3. The largest absolute Gasteiger partial charge is 0.493 e. The number of benzene rings is 2. The van der Waals surface area contributed by atoms with Gasteiger partial charge >= 0.3 is 7.12 Å². The highest BCUT2D eigenvalue weighted by Gasteiger charge is 2.27. The normalized spacial score (nSPS) is 13.2. The van der Waals surface area contributed by atoms with Gasteiger partial charge in [0.1, 0.15) is 11.7 Å². The van der Waals surface area contributed by atoms with Crippen molar-refractivity contribution in [3.05, 3.63) is 65.7 Å². The van der Waals surface area contributed by atoms with Gasteiger partial charge in [0.15, 0.2) is 0 Å². The monoisotopic (exact) mass is 465 g/mol. The third kappa shape index (κ3) is 8.54. The summed E-state index contributed by atoms with van der Waals surface area (Å²) in [5.41, 5.74) is 1.81. The molecule has 0 saturated heterocycles. The molecule has 2 rings (SSSR count). The maximum absolute atomic E-state index is 12.3. The summed E-state index contributed by atoms with van der Waals surface area (Å²) >= 11 is 0. The Morgan fingerprint density at radius 1 is 1.09 bits per heavy atom. The van der Waals surface area contributed by atoms with Crippen LogP contribution in [0.25, 0.3) is 0 Å². The van der Waals surface area contributed by atoms with Crippen molar-refractivity contribution in [2.75, 3.05) is 20.7 Å². The number of hydrogen-bond acceptors (Lipinski definition) is 6. The molecule has 2 amide bonds. The first-order chi connectivity index (χ1) is 16.2. The molecule has 0 radical (unpaired) electrons. The second-order valence-electron chi connectivity index (χ2n) is 8.54.